The fourth-order valence-corrected chi connectivity index (χ4v) is 2.46. The van der Waals surface area contributed by atoms with Gasteiger partial charge in [0, 0.05) is 25.7 Å². The molecule has 0 saturated carbocycles. The highest BCUT2D eigenvalue weighted by atomic mass is 19.4. The summed E-state index contributed by atoms with van der Waals surface area (Å²) in [4.78, 5) is 22.6. The molecule has 1 aliphatic rings. The van der Waals surface area contributed by atoms with Gasteiger partial charge in [-0.1, -0.05) is 0 Å². The molecule has 1 aromatic rings. The summed E-state index contributed by atoms with van der Waals surface area (Å²) in [5.41, 5.74) is 3.47. The second kappa shape index (κ2) is 6.31. The molecular formula is C13H15F3N4O3. The molecule has 10 heteroatoms. The molecule has 2 rings (SSSR count). The third kappa shape index (κ3) is 4.02. The van der Waals surface area contributed by atoms with Gasteiger partial charge in [0.15, 0.2) is 0 Å². The SMILES string of the molecule is NC(=O)N1CCC(CNc2ccc(C(F)(F)F)cc2[N+](=O)[O-])C1. The number of urea groups is 1. The fraction of sp³-hybridized carbons (Fsp3) is 0.462. The first-order valence-electron chi connectivity index (χ1n) is 6.82. The lowest BCUT2D eigenvalue weighted by Gasteiger charge is -2.15. The number of carbonyl (C=O) groups is 1. The van der Waals surface area contributed by atoms with Crippen LogP contribution in [0.2, 0.25) is 0 Å². The lowest BCUT2D eigenvalue weighted by Crippen LogP contribution is -2.34. The minimum atomic E-state index is -4.64. The second-order valence-corrected chi connectivity index (χ2v) is 5.31. The zero-order chi connectivity index (χ0) is 17.2. The normalized spacial score (nSPS) is 18.0. The predicted molar refractivity (Wildman–Crippen MR) is 75.9 cm³/mol. The van der Waals surface area contributed by atoms with Crippen LogP contribution in [-0.4, -0.2) is 35.5 Å². The molecule has 1 aromatic carbocycles. The van der Waals surface area contributed by atoms with Crippen molar-refractivity contribution in [3.05, 3.63) is 33.9 Å². The lowest BCUT2D eigenvalue weighted by molar-refractivity contribution is -0.384. The van der Waals surface area contributed by atoms with Crippen LogP contribution in [0.15, 0.2) is 18.2 Å². The smallest absolute Gasteiger partial charge is 0.379 e. The van der Waals surface area contributed by atoms with E-state index in [-0.39, 0.29) is 11.6 Å². The molecule has 0 bridgehead atoms. The Morgan fingerprint density at radius 2 is 2.17 bits per heavy atom. The molecule has 1 unspecified atom stereocenters. The van der Waals surface area contributed by atoms with Crippen LogP contribution in [0.1, 0.15) is 12.0 Å². The Bertz CT molecular complexity index is 621. The van der Waals surface area contributed by atoms with E-state index < -0.39 is 28.4 Å². The van der Waals surface area contributed by atoms with Gasteiger partial charge in [0.25, 0.3) is 5.69 Å². The Kier molecular flexibility index (Phi) is 4.62. The molecule has 1 saturated heterocycles. The molecule has 126 valence electrons. The molecule has 0 spiro atoms. The number of benzene rings is 1. The molecule has 0 aliphatic carbocycles. The summed E-state index contributed by atoms with van der Waals surface area (Å²) in [6.07, 6.45) is -3.97. The van der Waals surface area contributed by atoms with Gasteiger partial charge in [-0.2, -0.15) is 13.2 Å². The van der Waals surface area contributed by atoms with Crippen LogP contribution in [0.4, 0.5) is 29.3 Å². The number of halogens is 3. The number of hydrogen-bond acceptors (Lipinski definition) is 4. The molecule has 1 aliphatic heterocycles. The highest BCUT2D eigenvalue weighted by molar-refractivity contribution is 5.72. The number of likely N-dealkylation sites (tertiary alicyclic amines) is 1. The first-order chi connectivity index (χ1) is 10.7. The van der Waals surface area contributed by atoms with Crippen LogP contribution in [0.5, 0.6) is 0 Å². The van der Waals surface area contributed by atoms with Gasteiger partial charge >= 0.3 is 12.2 Å². The number of alkyl halides is 3. The summed E-state index contributed by atoms with van der Waals surface area (Å²) in [6, 6.07) is 1.81. The zero-order valence-electron chi connectivity index (χ0n) is 12.0. The van der Waals surface area contributed by atoms with Gasteiger partial charge in [0.1, 0.15) is 5.69 Å². The average Bonchev–Trinajstić information content (AvgIpc) is 2.92. The summed E-state index contributed by atoms with van der Waals surface area (Å²) in [5, 5.41) is 13.8. The maximum absolute atomic E-state index is 12.6. The van der Waals surface area contributed by atoms with Gasteiger partial charge in [0.05, 0.1) is 10.5 Å². The van der Waals surface area contributed by atoms with Crippen molar-refractivity contribution in [1.82, 2.24) is 4.90 Å². The summed E-state index contributed by atoms with van der Waals surface area (Å²) < 4.78 is 37.9. The maximum atomic E-state index is 12.6. The molecule has 23 heavy (non-hydrogen) atoms. The van der Waals surface area contributed by atoms with E-state index in [4.69, 9.17) is 5.73 Å². The Hall–Kier alpha value is -2.52. The molecule has 2 amide bonds. The van der Waals surface area contributed by atoms with Crippen molar-refractivity contribution in [2.75, 3.05) is 25.0 Å². The van der Waals surface area contributed by atoms with Crippen LogP contribution in [0.3, 0.4) is 0 Å². The largest absolute Gasteiger partial charge is 0.416 e. The summed E-state index contributed by atoms with van der Waals surface area (Å²) in [7, 11) is 0. The quantitative estimate of drug-likeness (QED) is 0.653. The van der Waals surface area contributed by atoms with Crippen molar-refractivity contribution < 1.29 is 22.9 Å². The Morgan fingerprint density at radius 1 is 1.48 bits per heavy atom. The van der Waals surface area contributed by atoms with E-state index in [1.807, 2.05) is 0 Å². The van der Waals surface area contributed by atoms with E-state index in [0.717, 1.165) is 12.1 Å². The molecule has 1 atom stereocenters. The topological polar surface area (TPSA) is 102 Å². The average molecular weight is 332 g/mol. The molecule has 7 nitrogen and oxygen atoms in total. The number of hydrogen-bond donors (Lipinski definition) is 2. The summed E-state index contributed by atoms with van der Waals surface area (Å²) >= 11 is 0. The number of carbonyl (C=O) groups excluding carboxylic acids is 1. The number of nitro groups is 1. The highest BCUT2D eigenvalue weighted by Crippen LogP contribution is 2.35. The first kappa shape index (κ1) is 16.8. The second-order valence-electron chi connectivity index (χ2n) is 5.31. The molecule has 1 fully saturated rings. The molecule has 3 N–H and O–H groups in total. The van der Waals surface area contributed by atoms with Gasteiger partial charge in [-0.25, -0.2) is 4.79 Å². The van der Waals surface area contributed by atoms with Crippen molar-refractivity contribution >= 4 is 17.4 Å². The van der Waals surface area contributed by atoms with E-state index in [1.54, 1.807) is 0 Å². The van der Waals surface area contributed by atoms with E-state index in [9.17, 15) is 28.1 Å². The summed E-state index contributed by atoms with van der Waals surface area (Å²) in [6.45, 7) is 1.21. The van der Waals surface area contributed by atoms with Gasteiger partial charge in [-0.05, 0) is 24.5 Å². The van der Waals surface area contributed by atoms with Crippen molar-refractivity contribution in [3.8, 4) is 0 Å². The zero-order valence-corrected chi connectivity index (χ0v) is 12.0. The van der Waals surface area contributed by atoms with E-state index >= 15 is 0 Å². The standard InChI is InChI=1S/C13H15F3N4O3/c14-13(15,16)9-1-2-10(11(5-9)20(22)23)18-6-8-3-4-19(7-8)12(17)21/h1-2,5,8,18H,3-4,6-7H2,(H2,17,21). The minimum Gasteiger partial charge on any atom is -0.379 e. The van der Waals surface area contributed by atoms with Gasteiger partial charge in [0.2, 0.25) is 0 Å². The van der Waals surface area contributed by atoms with Crippen molar-refractivity contribution in [3.63, 3.8) is 0 Å². The Morgan fingerprint density at radius 3 is 2.70 bits per heavy atom. The Balaban J connectivity index is 2.08. The van der Waals surface area contributed by atoms with Crippen LogP contribution in [-0.2, 0) is 6.18 Å². The third-order valence-corrected chi connectivity index (χ3v) is 3.70. The third-order valence-electron chi connectivity index (χ3n) is 3.70. The Labute approximate surface area is 129 Å². The number of anilines is 1. The highest BCUT2D eigenvalue weighted by Gasteiger charge is 2.33. The summed E-state index contributed by atoms with van der Waals surface area (Å²) in [5.74, 6) is 0.0318. The van der Waals surface area contributed by atoms with Gasteiger partial charge < -0.3 is 16.0 Å². The monoisotopic (exact) mass is 332 g/mol. The minimum absolute atomic E-state index is 0.0144. The van der Waals surface area contributed by atoms with Crippen LogP contribution in [0.25, 0.3) is 0 Å². The van der Waals surface area contributed by atoms with E-state index in [1.165, 1.54) is 4.90 Å². The van der Waals surface area contributed by atoms with E-state index in [0.29, 0.717) is 32.1 Å². The molecule has 0 aromatic heterocycles. The number of nitro benzene ring substituents is 1. The maximum Gasteiger partial charge on any atom is 0.416 e. The number of nitrogens with zero attached hydrogens (tertiary/aromatic N) is 2. The number of rotatable bonds is 4. The van der Waals surface area contributed by atoms with Crippen molar-refractivity contribution in [2.24, 2.45) is 11.7 Å². The number of nitrogens with two attached hydrogens (primary N) is 1. The number of amides is 2. The van der Waals surface area contributed by atoms with Crippen molar-refractivity contribution in [1.29, 1.82) is 0 Å². The predicted octanol–water partition coefficient (Wildman–Crippen LogP) is 2.43. The van der Waals surface area contributed by atoms with Crippen LogP contribution in [0, 0.1) is 16.0 Å². The van der Waals surface area contributed by atoms with Gasteiger partial charge in [-0.15, -0.1) is 0 Å². The molecular weight excluding hydrogens is 317 g/mol. The first-order valence-corrected chi connectivity index (χ1v) is 6.82. The lowest BCUT2D eigenvalue weighted by atomic mass is 10.1. The van der Waals surface area contributed by atoms with Crippen LogP contribution < -0.4 is 11.1 Å². The van der Waals surface area contributed by atoms with E-state index in [2.05, 4.69) is 5.32 Å². The molecule has 1 heterocycles. The number of nitrogens with one attached hydrogen (secondary N) is 1. The fourth-order valence-electron chi connectivity index (χ4n) is 2.46. The molecule has 0 radical (unpaired) electrons. The number of primary amides is 1. The van der Waals surface area contributed by atoms with Gasteiger partial charge in [-0.3, -0.25) is 10.1 Å². The van der Waals surface area contributed by atoms with Crippen molar-refractivity contribution in [2.45, 2.75) is 12.6 Å². The van der Waals surface area contributed by atoms with Crippen LogP contribution >= 0.6 is 0 Å².